The summed E-state index contributed by atoms with van der Waals surface area (Å²) in [7, 11) is 3.38. The minimum Gasteiger partial charge on any atom is -0.497 e. The molecule has 0 bridgehead atoms. The Morgan fingerprint density at radius 2 is 1.23 bits per heavy atom. The van der Waals surface area contributed by atoms with Crippen molar-refractivity contribution in [1.82, 2.24) is 0 Å². The van der Waals surface area contributed by atoms with E-state index in [1.165, 1.54) is 20.3 Å². The Bertz CT molecular complexity index is 582. The zero-order valence-corrected chi connectivity index (χ0v) is 16.9. The van der Waals surface area contributed by atoms with Crippen LogP contribution in [0, 0.1) is 0 Å². The maximum atomic E-state index is 5.26. The van der Waals surface area contributed by atoms with Crippen LogP contribution in [0.3, 0.4) is 0 Å². The lowest BCUT2D eigenvalue weighted by Crippen LogP contribution is -1.93. The van der Waals surface area contributed by atoms with E-state index in [9.17, 15) is 0 Å². The maximum absolute atomic E-state index is 5.26. The van der Waals surface area contributed by atoms with Gasteiger partial charge < -0.3 is 9.47 Å². The molecule has 0 aliphatic carbocycles. The third kappa shape index (κ3) is 4.38. The van der Waals surface area contributed by atoms with E-state index in [0.717, 1.165) is 22.3 Å². The van der Waals surface area contributed by atoms with Gasteiger partial charge in [-0.3, -0.25) is 0 Å². The first kappa shape index (κ1) is 17.6. The zero-order valence-electron chi connectivity index (χ0n) is 12.6. The largest absolute Gasteiger partial charge is 0.497 e. The molecule has 0 radical (unpaired) electrons. The van der Waals surface area contributed by atoms with E-state index in [0.29, 0.717) is 0 Å². The van der Waals surface area contributed by atoms with Crippen LogP contribution in [0.25, 0.3) is 5.57 Å². The van der Waals surface area contributed by atoms with Crippen molar-refractivity contribution in [2.24, 2.45) is 0 Å². The average molecular weight is 520 g/mol. The molecule has 0 heterocycles. The molecule has 0 aliphatic heterocycles. The number of allylic oxidation sites excluding steroid dienone is 1. The molecule has 4 heteroatoms. The quantitative estimate of drug-likeness (QED) is 0.359. The van der Waals surface area contributed by atoms with Crippen LogP contribution in [0.2, 0.25) is 0 Å². The predicted octanol–water partition coefficient (Wildman–Crippen LogP) is 5.72. The Morgan fingerprint density at radius 3 is 1.55 bits per heavy atom. The summed E-state index contributed by atoms with van der Waals surface area (Å²) in [6.45, 7) is 0. The summed E-state index contributed by atoms with van der Waals surface area (Å²) in [6, 6.07) is 16.5. The van der Waals surface area contributed by atoms with Crippen LogP contribution < -0.4 is 9.47 Å². The molecule has 0 N–H and O–H groups in total. The molecule has 2 rings (SSSR count). The zero-order chi connectivity index (χ0) is 15.9. The lowest BCUT2D eigenvalue weighted by molar-refractivity contribution is 0.414. The second-order valence-corrected chi connectivity index (χ2v) is 7.06. The highest BCUT2D eigenvalue weighted by molar-refractivity contribution is 14.1. The second kappa shape index (κ2) is 8.76. The molecular formula is C18H18I2O2. The molecule has 0 unspecified atom stereocenters. The predicted molar refractivity (Wildman–Crippen MR) is 110 cm³/mol. The van der Waals surface area contributed by atoms with Gasteiger partial charge in [-0.2, -0.15) is 0 Å². The van der Waals surface area contributed by atoms with E-state index in [1.54, 1.807) is 14.2 Å². The van der Waals surface area contributed by atoms with Gasteiger partial charge >= 0.3 is 0 Å². The smallest absolute Gasteiger partial charge is 0.118 e. The molecule has 0 saturated heterocycles. The summed E-state index contributed by atoms with van der Waals surface area (Å²) in [4.78, 5) is 0. The highest BCUT2D eigenvalue weighted by Crippen LogP contribution is 2.34. The first-order valence-electron chi connectivity index (χ1n) is 6.93. The van der Waals surface area contributed by atoms with Crippen LogP contribution in [-0.4, -0.2) is 18.6 Å². The van der Waals surface area contributed by atoms with Crippen molar-refractivity contribution in [3.8, 4) is 11.5 Å². The van der Waals surface area contributed by atoms with Crippen LogP contribution in [0.4, 0.5) is 0 Å². The number of methoxy groups -OCH3 is 2. The number of hydrogen-bond donors (Lipinski definition) is 0. The fourth-order valence-electron chi connectivity index (χ4n) is 2.20. The molecule has 2 aromatic carbocycles. The van der Waals surface area contributed by atoms with Gasteiger partial charge in [0, 0.05) is 4.43 Å². The number of rotatable bonds is 6. The molecule has 0 fully saturated rings. The molecule has 0 atom stereocenters. The van der Waals surface area contributed by atoms with Gasteiger partial charge in [0.15, 0.2) is 0 Å². The fraction of sp³-hybridized carbons (Fsp3) is 0.222. The summed E-state index contributed by atoms with van der Waals surface area (Å²) >= 11 is 4.88. The van der Waals surface area contributed by atoms with Gasteiger partial charge in [-0.25, -0.2) is 0 Å². The third-order valence-electron chi connectivity index (χ3n) is 3.34. The summed E-state index contributed by atoms with van der Waals surface area (Å²) in [5, 5.41) is 0. The van der Waals surface area contributed by atoms with Crippen LogP contribution in [0.5, 0.6) is 11.5 Å². The van der Waals surface area contributed by atoms with Crippen molar-refractivity contribution in [2.45, 2.75) is 6.42 Å². The molecule has 116 valence electrons. The number of ether oxygens (including phenoxy) is 2. The van der Waals surface area contributed by atoms with Gasteiger partial charge in [0.05, 0.1) is 14.2 Å². The van der Waals surface area contributed by atoms with Crippen molar-refractivity contribution in [3.63, 3.8) is 0 Å². The highest BCUT2D eigenvalue weighted by Gasteiger charge is 2.10. The Labute approximate surface area is 159 Å². The first-order chi connectivity index (χ1) is 10.7. The number of benzene rings is 2. The molecule has 22 heavy (non-hydrogen) atoms. The number of halogens is 2. The van der Waals surface area contributed by atoms with Gasteiger partial charge in [-0.15, -0.1) is 0 Å². The Hall–Kier alpha value is -0.760. The molecule has 0 amide bonds. The first-order valence-corrected chi connectivity index (χ1v) is 9.53. The van der Waals surface area contributed by atoms with Gasteiger partial charge in [-0.1, -0.05) is 46.9 Å². The number of alkyl halides is 1. The summed E-state index contributed by atoms with van der Waals surface area (Å²) in [5.74, 6) is 1.75. The average Bonchev–Trinajstić information content (AvgIpc) is 2.56. The topological polar surface area (TPSA) is 18.5 Å². The standard InChI is InChI=1S/C18H18I2O2/c1-21-15-7-3-13(4-8-15)18(17(20)11-12-19)14-5-9-16(22-2)10-6-14/h3-10H,11-12H2,1-2H3. The van der Waals surface area contributed by atoms with E-state index < -0.39 is 0 Å². The summed E-state index contributed by atoms with van der Waals surface area (Å²) < 4.78 is 13.0. The van der Waals surface area contributed by atoms with E-state index in [-0.39, 0.29) is 0 Å². The SMILES string of the molecule is COc1ccc(C(=C(I)CCI)c2ccc(OC)cc2)cc1. The molecular weight excluding hydrogens is 502 g/mol. The lowest BCUT2D eigenvalue weighted by Gasteiger charge is -2.13. The Kier molecular flexibility index (Phi) is 7.01. The Morgan fingerprint density at radius 1 is 0.818 bits per heavy atom. The maximum Gasteiger partial charge on any atom is 0.118 e. The Balaban J connectivity index is 2.47. The minimum absolute atomic E-state index is 0.877. The van der Waals surface area contributed by atoms with Crippen LogP contribution in [-0.2, 0) is 0 Å². The minimum atomic E-state index is 0.877. The van der Waals surface area contributed by atoms with Crippen molar-refractivity contribution >= 4 is 50.8 Å². The molecule has 2 nitrogen and oxygen atoms in total. The number of hydrogen-bond acceptors (Lipinski definition) is 2. The van der Waals surface area contributed by atoms with Crippen molar-refractivity contribution in [1.29, 1.82) is 0 Å². The van der Waals surface area contributed by atoms with E-state index >= 15 is 0 Å². The second-order valence-electron chi connectivity index (χ2n) is 4.68. The van der Waals surface area contributed by atoms with Gasteiger partial charge in [0.2, 0.25) is 0 Å². The lowest BCUT2D eigenvalue weighted by atomic mass is 9.97. The van der Waals surface area contributed by atoms with E-state index in [1.807, 2.05) is 24.3 Å². The van der Waals surface area contributed by atoms with E-state index in [4.69, 9.17) is 9.47 Å². The van der Waals surface area contributed by atoms with Gasteiger partial charge in [0.1, 0.15) is 11.5 Å². The van der Waals surface area contributed by atoms with Crippen molar-refractivity contribution in [3.05, 3.63) is 63.2 Å². The normalized spacial score (nSPS) is 10.2. The molecule has 0 saturated carbocycles. The van der Waals surface area contributed by atoms with Gasteiger partial charge in [0.25, 0.3) is 0 Å². The van der Waals surface area contributed by atoms with E-state index in [2.05, 4.69) is 69.4 Å². The van der Waals surface area contributed by atoms with Crippen LogP contribution >= 0.6 is 45.2 Å². The molecule has 0 aliphatic rings. The van der Waals surface area contributed by atoms with Crippen molar-refractivity contribution < 1.29 is 9.47 Å². The van der Waals surface area contributed by atoms with Crippen LogP contribution in [0.15, 0.2) is 52.1 Å². The highest BCUT2D eigenvalue weighted by atomic mass is 127. The molecule has 2 aromatic rings. The van der Waals surface area contributed by atoms with Gasteiger partial charge in [-0.05, 0) is 73.6 Å². The summed E-state index contributed by atoms with van der Waals surface area (Å²) in [6.07, 6.45) is 1.06. The molecule has 0 spiro atoms. The monoisotopic (exact) mass is 520 g/mol. The molecule has 0 aromatic heterocycles. The third-order valence-corrected chi connectivity index (χ3v) is 4.96. The fourth-order valence-corrected chi connectivity index (χ4v) is 4.67. The summed E-state index contributed by atoms with van der Waals surface area (Å²) in [5.41, 5.74) is 3.70. The van der Waals surface area contributed by atoms with Crippen molar-refractivity contribution in [2.75, 3.05) is 18.6 Å². The van der Waals surface area contributed by atoms with Crippen LogP contribution in [0.1, 0.15) is 17.5 Å².